The third-order valence-electron chi connectivity index (χ3n) is 1.43. The van der Waals surface area contributed by atoms with E-state index in [1.165, 1.54) is 6.21 Å². The molecule has 0 unspecified atom stereocenters. The maximum atomic E-state index is 6.94. The monoisotopic (exact) mass is 140 g/mol. The van der Waals surface area contributed by atoms with Gasteiger partial charge in [0.2, 0.25) is 0 Å². The summed E-state index contributed by atoms with van der Waals surface area (Å²) in [7, 11) is 0. The molecule has 10 heavy (non-hydrogen) atoms. The van der Waals surface area contributed by atoms with E-state index >= 15 is 0 Å². The van der Waals surface area contributed by atoms with Crippen molar-refractivity contribution in [3.63, 3.8) is 0 Å². The molecule has 0 spiro atoms. The van der Waals surface area contributed by atoms with Crippen LogP contribution < -0.4 is 5.32 Å². The molecule has 1 aliphatic rings. The summed E-state index contributed by atoms with van der Waals surface area (Å²) in [4.78, 5) is 0. The predicted octanol–water partition coefficient (Wildman–Crippen LogP) is 0.877. The lowest BCUT2D eigenvalue weighted by molar-refractivity contribution is 0.156. The highest BCUT2D eigenvalue weighted by molar-refractivity contribution is 5.75. The van der Waals surface area contributed by atoms with Crippen LogP contribution in [0.3, 0.4) is 0 Å². The Morgan fingerprint density at radius 1 is 1.80 bits per heavy atom. The summed E-state index contributed by atoms with van der Waals surface area (Å²) in [6.45, 7) is 3.59. The highest BCUT2D eigenvalue weighted by atomic mass is 16.5. The molecular weight excluding hydrogens is 128 g/mol. The van der Waals surface area contributed by atoms with Gasteiger partial charge in [0.1, 0.15) is 0 Å². The van der Waals surface area contributed by atoms with E-state index in [0.717, 1.165) is 31.0 Å². The molecule has 3 heteroatoms. The molecular formula is C7H12N2O. The molecule has 0 saturated carbocycles. The van der Waals surface area contributed by atoms with Crippen LogP contribution in [0.5, 0.6) is 0 Å². The number of ether oxygens (including phenoxy) is 1. The molecule has 0 aliphatic carbocycles. The number of hydrogen-bond donors (Lipinski definition) is 2. The minimum atomic E-state index is 0.765. The Morgan fingerprint density at radius 2 is 2.60 bits per heavy atom. The van der Waals surface area contributed by atoms with Crippen molar-refractivity contribution in [1.82, 2.24) is 5.32 Å². The maximum Gasteiger partial charge on any atom is 0.191 e. The van der Waals surface area contributed by atoms with Gasteiger partial charge in [-0.15, -0.1) is 0 Å². The van der Waals surface area contributed by atoms with Crippen LogP contribution in [0.2, 0.25) is 0 Å². The van der Waals surface area contributed by atoms with Crippen molar-refractivity contribution in [3.05, 3.63) is 11.5 Å². The van der Waals surface area contributed by atoms with Crippen molar-refractivity contribution < 1.29 is 4.74 Å². The van der Waals surface area contributed by atoms with E-state index in [1.807, 2.05) is 6.92 Å². The van der Waals surface area contributed by atoms with Crippen LogP contribution in [0, 0.1) is 5.41 Å². The Morgan fingerprint density at radius 3 is 3.10 bits per heavy atom. The second-order valence-corrected chi connectivity index (χ2v) is 2.29. The quantitative estimate of drug-likeness (QED) is 0.531. The van der Waals surface area contributed by atoms with E-state index in [1.54, 1.807) is 0 Å². The second-order valence-electron chi connectivity index (χ2n) is 2.29. The van der Waals surface area contributed by atoms with E-state index in [9.17, 15) is 0 Å². The Hall–Kier alpha value is -0.990. The summed E-state index contributed by atoms with van der Waals surface area (Å²) in [6.07, 6.45) is 2.35. The maximum absolute atomic E-state index is 6.94. The Balaban J connectivity index is 2.59. The summed E-state index contributed by atoms with van der Waals surface area (Å²) < 4.78 is 5.25. The van der Waals surface area contributed by atoms with Crippen LogP contribution in [0.1, 0.15) is 13.3 Å². The zero-order valence-corrected chi connectivity index (χ0v) is 6.11. The zero-order valence-electron chi connectivity index (χ0n) is 6.11. The van der Waals surface area contributed by atoms with Crippen LogP contribution in [-0.2, 0) is 4.74 Å². The van der Waals surface area contributed by atoms with Crippen molar-refractivity contribution in [1.29, 1.82) is 5.41 Å². The van der Waals surface area contributed by atoms with Gasteiger partial charge in [-0.05, 0) is 13.3 Å². The molecule has 0 aromatic heterocycles. The van der Waals surface area contributed by atoms with Gasteiger partial charge in [0.05, 0.1) is 6.61 Å². The van der Waals surface area contributed by atoms with Crippen molar-refractivity contribution in [3.8, 4) is 0 Å². The summed E-state index contributed by atoms with van der Waals surface area (Å²) in [5.41, 5.74) is 0.861. The molecule has 0 radical (unpaired) electrons. The zero-order chi connectivity index (χ0) is 7.40. The minimum absolute atomic E-state index is 0.765. The minimum Gasteiger partial charge on any atom is -0.479 e. The van der Waals surface area contributed by atoms with Gasteiger partial charge in [-0.1, -0.05) is 0 Å². The van der Waals surface area contributed by atoms with Crippen LogP contribution in [0.25, 0.3) is 0 Å². The highest BCUT2D eigenvalue weighted by Crippen LogP contribution is 2.04. The third-order valence-corrected chi connectivity index (χ3v) is 1.43. The van der Waals surface area contributed by atoms with Gasteiger partial charge in [-0.25, -0.2) is 0 Å². The first kappa shape index (κ1) is 7.12. The Kier molecular flexibility index (Phi) is 2.31. The van der Waals surface area contributed by atoms with Gasteiger partial charge >= 0.3 is 0 Å². The van der Waals surface area contributed by atoms with Crippen LogP contribution >= 0.6 is 0 Å². The number of hydrogen-bond acceptors (Lipinski definition) is 3. The molecule has 0 amide bonds. The predicted molar refractivity (Wildman–Crippen MR) is 40.1 cm³/mol. The van der Waals surface area contributed by atoms with Gasteiger partial charge in [0.25, 0.3) is 0 Å². The fourth-order valence-electron chi connectivity index (χ4n) is 0.818. The van der Waals surface area contributed by atoms with Crippen LogP contribution in [0.15, 0.2) is 11.5 Å². The molecule has 0 aromatic carbocycles. The summed E-state index contributed by atoms with van der Waals surface area (Å²) in [5.74, 6) is 0.765. The SMILES string of the molecule is C/C(C=N)=C1/NCCCO1. The van der Waals surface area contributed by atoms with E-state index < -0.39 is 0 Å². The molecule has 1 fully saturated rings. The molecule has 56 valence electrons. The lowest BCUT2D eigenvalue weighted by Crippen LogP contribution is -2.25. The van der Waals surface area contributed by atoms with Gasteiger partial charge < -0.3 is 15.5 Å². The third kappa shape index (κ3) is 1.50. The topological polar surface area (TPSA) is 45.1 Å². The first-order valence-corrected chi connectivity index (χ1v) is 3.42. The molecule has 2 N–H and O–H groups in total. The summed E-state index contributed by atoms with van der Waals surface area (Å²) >= 11 is 0. The van der Waals surface area contributed by atoms with Gasteiger partial charge in [0, 0.05) is 18.3 Å². The Labute approximate surface area is 60.6 Å². The van der Waals surface area contributed by atoms with E-state index in [4.69, 9.17) is 10.1 Å². The van der Waals surface area contributed by atoms with Crippen molar-refractivity contribution >= 4 is 6.21 Å². The first-order valence-electron chi connectivity index (χ1n) is 3.42. The van der Waals surface area contributed by atoms with Gasteiger partial charge in [-0.3, -0.25) is 0 Å². The first-order chi connectivity index (χ1) is 4.84. The number of nitrogens with one attached hydrogen (secondary N) is 2. The average molecular weight is 140 g/mol. The molecule has 0 atom stereocenters. The smallest absolute Gasteiger partial charge is 0.191 e. The van der Waals surface area contributed by atoms with Crippen LogP contribution in [0.4, 0.5) is 0 Å². The van der Waals surface area contributed by atoms with Gasteiger partial charge in [0.15, 0.2) is 5.88 Å². The Bertz CT molecular complexity index is 155. The van der Waals surface area contributed by atoms with Crippen LogP contribution in [-0.4, -0.2) is 19.4 Å². The van der Waals surface area contributed by atoms with Crippen molar-refractivity contribution in [2.45, 2.75) is 13.3 Å². The second kappa shape index (κ2) is 3.25. The van der Waals surface area contributed by atoms with E-state index in [0.29, 0.717) is 0 Å². The fourth-order valence-corrected chi connectivity index (χ4v) is 0.818. The molecule has 1 heterocycles. The average Bonchev–Trinajstić information content (AvgIpc) is 2.05. The number of allylic oxidation sites excluding steroid dienone is 1. The lowest BCUT2D eigenvalue weighted by Gasteiger charge is -2.19. The molecule has 1 rings (SSSR count). The highest BCUT2D eigenvalue weighted by Gasteiger charge is 2.05. The van der Waals surface area contributed by atoms with Crippen molar-refractivity contribution in [2.24, 2.45) is 0 Å². The lowest BCUT2D eigenvalue weighted by atomic mass is 10.3. The van der Waals surface area contributed by atoms with E-state index in [-0.39, 0.29) is 0 Å². The molecule has 3 nitrogen and oxygen atoms in total. The molecule has 0 bridgehead atoms. The standard InChI is InChI=1S/C7H12N2O/c1-6(5-8)7-9-3-2-4-10-7/h5,8-9H,2-4H2,1H3/b7-6+,8-5?. The fraction of sp³-hybridized carbons (Fsp3) is 0.571. The normalized spacial score (nSPS) is 22.5. The van der Waals surface area contributed by atoms with Gasteiger partial charge in [-0.2, -0.15) is 0 Å². The largest absolute Gasteiger partial charge is 0.479 e. The summed E-state index contributed by atoms with van der Waals surface area (Å²) in [6, 6.07) is 0. The summed E-state index contributed by atoms with van der Waals surface area (Å²) in [5, 5.41) is 10.0. The molecule has 1 aliphatic heterocycles. The van der Waals surface area contributed by atoms with E-state index in [2.05, 4.69) is 5.32 Å². The van der Waals surface area contributed by atoms with Crippen molar-refractivity contribution in [2.75, 3.05) is 13.2 Å². The number of rotatable bonds is 1. The molecule has 1 saturated heterocycles. The molecule has 0 aromatic rings.